The van der Waals surface area contributed by atoms with Crippen LogP contribution in [0.2, 0.25) is 0 Å². The SMILES string of the molecule is COC(=O)N(C)CC1CCC(CCN)C1. The first kappa shape index (κ1) is 12.3. The Kier molecular flexibility index (Phi) is 4.88. The fraction of sp³-hybridized carbons (Fsp3) is 0.909. The lowest BCUT2D eigenvalue weighted by molar-refractivity contribution is 0.127. The molecule has 2 atom stereocenters. The Labute approximate surface area is 91.8 Å². The fourth-order valence-corrected chi connectivity index (χ4v) is 2.46. The van der Waals surface area contributed by atoms with Gasteiger partial charge in [-0.1, -0.05) is 6.42 Å². The molecule has 0 saturated heterocycles. The Hall–Kier alpha value is -0.770. The van der Waals surface area contributed by atoms with Crippen LogP contribution in [0, 0.1) is 11.8 Å². The molecule has 0 aromatic heterocycles. The molecule has 0 radical (unpaired) electrons. The number of nitrogens with two attached hydrogens (primary N) is 1. The van der Waals surface area contributed by atoms with Crippen LogP contribution in [0.25, 0.3) is 0 Å². The Morgan fingerprint density at radius 2 is 2.13 bits per heavy atom. The van der Waals surface area contributed by atoms with Crippen molar-refractivity contribution >= 4 is 6.09 Å². The second-order valence-corrected chi connectivity index (χ2v) is 4.47. The minimum atomic E-state index is -0.239. The first-order valence-electron chi connectivity index (χ1n) is 5.66. The maximum atomic E-state index is 11.2. The van der Waals surface area contributed by atoms with Crippen molar-refractivity contribution in [3.05, 3.63) is 0 Å². The number of hydrogen-bond acceptors (Lipinski definition) is 3. The number of amides is 1. The van der Waals surface area contributed by atoms with E-state index in [-0.39, 0.29) is 6.09 Å². The number of carbonyl (C=O) groups excluding carboxylic acids is 1. The van der Waals surface area contributed by atoms with E-state index < -0.39 is 0 Å². The number of carbonyl (C=O) groups is 1. The van der Waals surface area contributed by atoms with Crippen LogP contribution < -0.4 is 5.73 Å². The summed E-state index contributed by atoms with van der Waals surface area (Å²) in [4.78, 5) is 12.9. The summed E-state index contributed by atoms with van der Waals surface area (Å²) in [6.07, 6.45) is 4.57. The Balaban J connectivity index is 2.26. The van der Waals surface area contributed by atoms with Gasteiger partial charge >= 0.3 is 6.09 Å². The molecule has 1 aliphatic rings. The summed E-state index contributed by atoms with van der Waals surface area (Å²) in [6.45, 7) is 1.60. The molecule has 1 rings (SSSR count). The molecule has 2 unspecified atom stereocenters. The fourth-order valence-electron chi connectivity index (χ4n) is 2.46. The van der Waals surface area contributed by atoms with Gasteiger partial charge in [-0.25, -0.2) is 4.79 Å². The third-order valence-corrected chi connectivity index (χ3v) is 3.24. The van der Waals surface area contributed by atoms with E-state index >= 15 is 0 Å². The summed E-state index contributed by atoms with van der Waals surface area (Å²) in [5.74, 6) is 1.40. The van der Waals surface area contributed by atoms with Crippen LogP contribution in [-0.4, -0.2) is 38.2 Å². The van der Waals surface area contributed by atoms with Crippen molar-refractivity contribution in [3.8, 4) is 0 Å². The van der Waals surface area contributed by atoms with E-state index in [1.54, 1.807) is 11.9 Å². The van der Waals surface area contributed by atoms with Crippen LogP contribution in [-0.2, 0) is 4.74 Å². The molecule has 0 aliphatic heterocycles. The molecule has 4 nitrogen and oxygen atoms in total. The molecule has 88 valence electrons. The molecule has 1 aliphatic carbocycles. The number of ether oxygens (including phenoxy) is 1. The highest BCUT2D eigenvalue weighted by Gasteiger charge is 2.26. The van der Waals surface area contributed by atoms with Crippen molar-refractivity contribution in [1.82, 2.24) is 4.90 Å². The number of rotatable bonds is 4. The van der Waals surface area contributed by atoms with E-state index in [4.69, 9.17) is 5.73 Å². The summed E-state index contributed by atoms with van der Waals surface area (Å²) in [5, 5.41) is 0. The van der Waals surface area contributed by atoms with E-state index in [1.807, 2.05) is 0 Å². The Morgan fingerprint density at radius 1 is 1.47 bits per heavy atom. The Bertz CT molecular complexity index is 209. The summed E-state index contributed by atoms with van der Waals surface area (Å²) < 4.78 is 4.66. The van der Waals surface area contributed by atoms with E-state index in [0.29, 0.717) is 5.92 Å². The highest BCUT2D eigenvalue weighted by atomic mass is 16.5. The standard InChI is InChI=1S/C11H22N2O2/c1-13(11(14)15-2)8-10-4-3-9(7-10)5-6-12/h9-10H,3-8,12H2,1-2H3. The molecular formula is C11H22N2O2. The van der Waals surface area contributed by atoms with Gasteiger partial charge in [-0.05, 0) is 37.6 Å². The monoisotopic (exact) mass is 214 g/mol. The molecule has 0 bridgehead atoms. The van der Waals surface area contributed by atoms with Crippen LogP contribution in [0.5, 0.6) is 0 Å². The zero-order chi connectivity index (χ0) is 11.3. The molecule has 15 heavy (non-hydrogen) atoms. The van der Waals surface area contributed by atoms with Gasteiger partial charge in [0.2, 0.25) is 0 Å². The first-order valence-corrected chi connectivity index (χ1v) is 5.66. The van der Waals surface area contributed by atoms with Crippen molar-refractivity contribution in [1.29, 1.82) is 0 Å². The predicted octanol–water partition coefficient (Wildman–Crippen LogP) is 1.45. The van der Waals surface area contributed by atoms with E-state index in [2.05, 4.69) is 4.74 Å². The van der Waals surface area contributed by atoms with Crippen LogP contribution in [0.1, 0.15) is 25.7 Å². The van der Waals surface area contributed by atoms with Crippen LogP contribution in [0.15, 0.2) is 0 Å². The molecule has 1 saturated carbocycles. The molecule has 4 heteroatoms. The second-order valence-electron chi connectivity index (χ2n) is 4.47. The van der Waals surface area contributed by atoms with Crippen LogP contribution >= 0.6 is 0 Å². The average molecular weight is 214 g/mol. The highest BCUT2D eigenvalue weighted by molar-refractivity contribution is 5.66. The highest BCUT2D eigenvalue weighted by Crippen LogP contribution is 2.33. The van der Waals surface area contributed by atoms with Crippen LogP contribution in [0.3, 0.4) is 0 Å². The average Bonchev–Trinajstić information content (AvgIpc) is 2.65. The molecule has 1 amide bonds. The van der Waals surface area contributed by atoms with Gasteiger partial charge < -0.3 is 15.4 Å². The lowest BCUT2D eigenvalue weighted by atomic mass is 10.0. The number of hydrogen-bond donors (Lipinski definition) is 1. The lowest BCUT2D eigenvalue weighted by Crippen LogP contribution is -2.31. The molecule has 0 aromatic rings. The quantitative estimate of drug-likeness (QED) is 0.770. The van der Waals surface area contributed by atoms with Gasteiger partial charge in [0.25, 0.3) is 0 Å². The van der Waals surface area contributed by atoms with Crippen molar-refractivity contribution in [3.63, 3.8) is 0 Å². The van der Waals surface area contributed by atoms with Crippen molar-refractivity contribution in [2.75, 3.05) is 27.2 Å². The largest absolute Gasteiger partial charge is 0.453 e. The van der Waals surface area contributed by atoms with Crippen molar-refractivity contribution in [2.45, 2.75) is 25.7 Å². The van der Waals surface area contributed by atoms with Gasteiger partial charge in [0.15, 0.2) is 0 Å². The normalized spacial score (nSPS) is 25.3. The second kappa shape index (κ2) is 5.95. The lowest BCUT2D eigenvalue weighted by Gasteiger charge is -2.19. The van der Waals surface area contributed by atoms with Gasteiger partial charge in [0.1, 0.15) is 0 Å². The van der Waals surface area contributed by atoms with Gasteiger partial charge in [-0.2, -0.15) is 0 Å². The smallest absolute Gasteiger partial charge is 0.409 e. The molecule has 0 heterocycles. The van der Waals surface area contributed by atoms with Gasteiger partial charge in [0, 0.05) is 13.6 Å². The number of nitrogens with zero attached hydrogens (tertiary/aromatic N) is 1. The minimum Gasteiger partial charge on any atom is -0.453 e. The molecule has 0 aromatic carbocycles. The topological polar surface area (TPSA) is 55.6 Å². The maximum absolute atomic E-state index is 11.2. The van der Waals surface area contributed by atoms with Gasteiger partial charge in [-0.15, -0.1) is 0 Å². The van der Waals surface area contributed by atoms with Crippen molar-refractivity contribution < 1.29 is 9.53 Å². The summed E-state index contributed by atoms with van der Waals surface area (Å²) in [6, 6.07) is 0. The van der Waals surface area contributed by atoms with Gasteiger partial charge in [0.05, 0.1) is 7.11 Å². The first-order chi connectivity index (χ1) is 7.17. The van der Waals surface area contributed by atoms with Gasteiger partial charge in [-0.3, -0.25) is 0 Å². The zero-order valence-corrected chi connectivity index (χ0v) is 9.74. The third kappa shape index (κ3) is 3.70. The van der Waals surface area contributed by atoms with Crippen molar-refractivity contribution in [2.24, 2.45) is 17.6 Å². The van der Waals surface area contributed by atoms with E-state index in [0.717, 1.165) is 25.4 Å². The molecule has 0 spiro atoms. The summed E-state index contributed by atoms with van der Waals surface area (Å²) >= 11 is 0. The summed E-state index contributed by atoms with van der Waals surface area (Å²) in [7, 11) is 3.22. The third-order valence-electron chi connectivity index (χ3n) is 3.24. The molecule has 2 N–H and O–H groups in total. The minimum absolute atomic E-state index is 0.239. The van der Waals surface area contributed by atoms with E-state index in [9.17, 15) is 4.79 Å². The predicted molar refractivity (Wildman–Crippen MR) is 59.5 cm³/mol. The maximum Gasteiger partial charge on any atom is 0.409 e. The van der Waals surface area contributed by atoms with E-state index in [1.165, 1.54) is 26.4 Å². The summed E-state index contributed by atoms with van der Waals surface area (Å²) in [5.41, 5.74) is 5.54. The Morgan fingerprint density at radius 3 is 2.73 bits per heavy atom. The molecular weight excluding hydrogens is 192 g/mol. The van der Waals surface area contributed by atoms with Crippen LogP contribution in [0.4, 0.5) is 4.79 Å². The number of methoxy groups -OCH3 is 1. The zero-order valence-electron chi connectivity index (χ0n) is 9.74. The molecule has 1 fully saturated rings.